The van der Waals surface area contributed by atoms with Crippen LogP contribution in [-0.2, 0) is 4.79 Å². The van der Waals surface area contributed by atoms with Crippen molar-refractivity contribution in [3.8, 4) is 22.4 Å². The molecule has 3 aromatic heterocycles. The molecule has 0 bridgehead atoms. The molecule has 0 unspecified atom stereocenters. The minimum Gasteiger partial charge on any atom is -0.339 e. The Kier molecular flexibility index (Phi) is 5.57. The van der Waals surface area contributed by atoms with Gasteiger partial charge in [0.1, 0.15) is 17.3 Å². The van der Waals surface area contributed by atoms with Crippen LogP contribution in [0.3, 0.4) is 0 Å². The maximum absolute atomic E-state index is 13.5. The predicted molar refractivity (Wildman–Crippen MR) is 117 cm³/mol. The van der Waals surface area contributed by atoms with Crippen molar-refractivity contribution in [1.82, 2.24) is 15.0 Å². The van der Waals surface area contributed by atoms with E-state index in [0.29, 0.717) is 11.5 Å². The third-order valence-corrected chi connectivity index (χ3v) is 5.18. The Bertz CT molecular complexity index is 1170. The van der Waals surface area contributed by atoms with E-state index in [1.807, 2.05) is 31.2 Å². The quantitative estimate of drug-likeness (QED) is 0.428. The molecule has 3 heterocycles. The van der Waals surface area contributed by atoms with Crippen LogP contribution in [0.15, 0.2) is 60.9 Å². The summed E-state index contributed by atoms with van der Waals surface area (Å²) >= 11 is 0. The minimum absolute atomic E-state index is 0.0385. The monoisotopic (exact) mass is 402 g/mol. The van der Waals surface area contributed by atoms with Crippen LogP contribution in [0.1, 0.15) is 26.7 Å². The van der Waals surface area contributed by atoms with Gasteiger partial charge < -0.3 is 10.3 Å². The Hall–Kier alpha value is -3.54. The molecule has 6 heteroatoms. The fourth-order valence-electron chi connectivity index (χ4n) is 3.61. The molecule has 4 rings (SSSR count). The first kappa shape index (κ1) is 19.8. The SMILES string of the molecule is CCC[C@@H](C)C(=O)Nc1ccc2c(-c3ccncc3)c(-c3ccc(F)cc3)[nH]c2n1. The number of nitrogens with zero attached hydrogens (tertiary/aromatic N) is 2. The second kappa shape index (κ2) is 8.45. The molecule has 2 N–H and O–H groups in total. The molecule has 0 aliphatic rings. The van der Waals surface area contributed by atoms with Gasteiger partial charge >= 0.3 is 0 Å². The molecule has 0 saturated carbocycles. The molecule has 5 nitrogen and oxygen atoms in total. The van der Waals surface area contributed by atoms with Crippen LogP contribution in [-0.4, -0.2) is 20.9 Å². The third-order valence-electron chi connectivity index (χ3n) is 5.18. The molecule has 0 radical (unpaired) electrons. The van der Waals surface area contributed by atoms with Crippen LogP contribution < -0.4 is 5.32 Å². The number of halogens is 1. The summed E-state index contributed by atoms with van der Waals surface area (Å²) in [6.45, 7) is 3.98. The summed E-state index contributed by atoms with van der Waals surface area (Å²) in [5.74, 6) is 0.106. The molecule has 0 aliphatic heterocycles. The fraction of sp³-hybridized carbons (Fsp3) is 0.208. The number of benzene rings is 1. The van der Waals surface area contributed by atoms with Gasteiger partial charge in [0.25, 0.3) is 0 Å². The largest absolute Gasteiger partial charge is 0.339 e. The van der Waals surface area contributed by atoms with Crippen LogP contribution in [0.5, 0.6) is 0 Å². The Morgan fingerprint density at radius 3 is 2.50 bits per heavy atom. The number of amides is 1. The summed E-state index contributed by atoms with van der Waals surface area (Å²) in [7, 11) is 0. The van der Waals surface area contributed by atoms with Gasteiger partial charge in [-0.1, -0.05) is 20.3 Å². The van der Waals surface area contributed by atoms with Crippen LogP contribution in [0.25, 0.3) is 33.4 Å². The van der Waals surface area contributed by atoms with E-state index in [0.717, 1.165) is 40.6 Å². The number of aromatic nitrogens is 3. The highest BCUT2D eigenvalue weighted by molar-refractivity contribution is 6.03. The summed E-state index contributed by atoms with van der Waals surface area (Å²) in [5.41, 5.74) is 4.28. The van der Waals surface area contributed by atoms with Gasteiger partial charge in [-0.2, -0.15) is 0 Å². The zero-order valence-electron chi connectivity index (χ0n) is 16.9. The molecule has 0 fully saturated rings. The maximum Gasteiger partial charge on any atom is 0.228 e. The van der Waals surface area contributed by atoms with Gasteiger partial charge in [-0.25, -0.2) is 9.37 Å². The average Bonchev–Trinajstić information content (AvgIpc) is 3.13. The Morgan fingerprint density at radius 1 is 1.07 bits per heavy atom. The molecule has 152 valence electrons. The number of H-pyrrole nitrogens is 1. The number of aromatic amines is 1. The van der Waals surface area contributed by atoms with Crippen LogP contribution in [0.4, 0.5) is 10.2 Å². The van der Waals surface area contributed by atoms with E-state index in [2.05, 4.69) is 27.2 Å². The zero-order valence-corrected chi connectivity index (χ0v) is 16.9. The van der Waals surface area contributed by atoms with Gasteiger partial charge in [-0.3, -0.25) is 9.78 Å². The highest BCUT2D eigenvalue weighted by Crippen LogP contribution is 2.38. The maximum atomic E-state index is 13.5. The van der Waals surface area contributed by atoms with Crippen molar-refractivity contribution in [3.63, 3.8) is 0 Å². The van der Waals surface area contributed by atoms with E-state index in [9.17, 15) is 9.18 Å². The lowest BCUT2D eigenvalue weighted by atomic mass is 10.00. The third kappa shape index (κ3) is 3.94. The molecular formula is C24H23FN4O. The molecule has 4 aromatic rings. The summed E-state index contributed by atoms with van der Waals surface area (Å²) in [5, 5.41) is 3.82. The molecular weight excluding hydrogens is 379 g/mol. The van der Waals surface area contributed by atoms with Gasteiger partial charge in [0.2, 0.25) is 5.91 Å². The van der Waals surface area contributed by atoms with Crippen molar-refractivity contribution in [2.45, 2.75) is 26.7 Å². The number of pyridine rings is 2. The van der Waals surface area contributed by atoms with Crippen molar-refractivity contribution in [2.24, 2.45) is 5.92 Å². The number of hydrogen-bond acceptors (Lipinski definition) is 3. The predicted octanol–water partition coefficient (Wildman–Crippen LogP) is 5.81. The van der Waals surface area contributed by atoms with Gasteiger partial charge in [-0.15, -0.1) is 0 Å². The van der Waals surface area contributed by atoms with Crippen molar-refractivity contribution < 1.29 is 9.18 Å². The second-order valence-electron chi connectivity index (χ2n) is 7.39. The fourth-order valence-corrected chi connectivity index (χ4v) is 3.61. The first-order valence-electron chi connectivity index (χ1n) is 10.1. The molecule has 30 heavy (non-hydrogen) atoms. The number of carbonyl (C=O) groups excluding carboxylic acids is 1. The highest BCUT2D eigenvalue weighted by atomic mass is 19.1. The molecule has 1 atom stereocenters. The van der Waals surface area contributed by atoms with Gasteiger partial charge in [0, 0.05) is 29.3 Å². The number of rotatable bonds is 6. The Balaban J connectivity index is 1.80. The topological polar surface area (TPSA) is 70.7 Å². The van der Waals surface area contributed by atoms with E-state index in [4.69, 9.17) is 0 Å². The van der Waals surface area contributed by atoms with Crippen molar-refractivity contribution in [3.05, 3.63) is 66.7 Å². The van der Waals surface area contributed by atoms with Crippen LogP contribution in [0, 0.1) is 11.7 Å². The van der Waals surface area contributed by atoms with Crippen molar-refractivity contribution >= 4 is 22.8 Å². The Morgan fingerprint density at radius 2 is 1.80 bits per heavy atom. The molecule has 0 spiro atoms. The number of hydrogen-bond donors (Lipinski definition) is 2. The normalized spacial score (nSPS) is 12.1. The second-order valence-corrected chi connectivity index (χ2v) is 7.39. The van der Waals surface area contributed by atoms with E-state index in [1.165, 1.54) is 12.1 Å². The van der Waals surface area contributed by atoms with Crippen LogP contribution in [0.2, 0.25) is 0 Å². The summed E-state index contributed by atoms with van der Waals surface area (Å²) < 4.78 is 13.5. The van der Waals surface area contributed by atoms with Crippen molar-refractivity contribution in [2.75, 3.05) is 5.32 Å². The number of anilines is 1. The summed E-state index contributed by atoms with van der Waals surface area (Å²) in [6.07, 6.45) is 5.25. The lowest BCUT2D eigenvalue weighted by Crippen LogP contribution is -2.20. The number of carbonyl (C=O) groups is 1. The van der Waals surface area contributed by atoms with Gasteiger partial charge in [0.15, 0.2) is 0 Å². The standard InChI is InChI=1S/C24H23FN4O/c1-3-4-15(2)24(30)28-20-10-9-19-21(16-11-13-26-14-12-16)22(29-23(19)27-20)17-5-7-18(25)8-6-17/h5-15H,3-4H2,1-2H3,(H2,27,28,29,30)/t15-/m1/s1. The molecule has 0 aliphatic carbocycles. The first-order chi connectivity index (χ1) is 14.6. The average molecular weight is 402 g/mol. The minimum atomic E-state index is -0.287. The smallest absolute Gasteiger partial charge is 0.228 e. The molecule has 1 amide bonds. The summed E-state index contributed by atoms with van der Waals surface area (Å²) in [6, 6.07) is 14.0. The van der Waals surface area contributed by atoms with Crippen LogP contribution >= 0.6 is 0 Å². The van der Waals surface area contributed by atoms with E-state index in [1.54, 1.807) is 24.5 Å². The van der Waals surface area contributed by atoms with Gasteiger partial charge in [-0.05, 0) is 66.1 Å². The van der Waals surface area contributed by atoms with E-state index >= 15 is 0 Å². The zero-order chi connectivity index (χ0) is 21.1. The lowest BCUT2D eigenvalue weighted by Gasteiger charge is -2.10. The van der Waals surface area contributed by atoms with E-state index < -0.39 is 0 Å². The molecule has 0 saturated heterocycles. The Labute approximate surface area is 174 Å². The lowest BCUT2D eigenvalue weighted by molar-refractivity contribution is -0.119. The summed E-state index contributed by atoms with van der Waals surface area (Å²) in [4.78, 5) is 24.5. The van der Waals surface area contributed by atoms with Crippen molar-refractivity contribution in [1.29, 1.82) is 0 Å². The number of nitrogens with one attached hydrogen (secondary N) is 2. The number of fused-ring (bicyclic) bond motifs is 1. The first-order valence-corrected chi connectivity index (χ1v) is 10.1. The highest BCUT2D eigenvalue weighted by Gasteiger charge is 2.18. The van der Waals surface area contributed by atoms with Gasteiger partial charge in [0.05, 0.1) is 5.69 Å². The molecule has 1 aromatic carbocycles. The van der Waals surface area contributed by atoms with E-state index in [-0.39, 0.29) is 17.6 Å².